The van der Waals surface area contributed by atoms with E-state index in [2.05, 4.69) is 0 Å². The number of ether oxygens (including phenoxy) is 4. The van der Waals surface area contributed by atoms with Crippen molar-refractivity contribution < 1.29 is 59.1 Å². The summed E-state index contributed by atoms with van der Waals surface area (Å²) in [5, 5.41) is 69.8. The van der Waals surface area contributed by atoms with Crippen molar-refractivity contribution in [3.63, 3.8) is 0 Å². The summed E-state index contributed by atoms with van der Waals surface area (Å²) in [4.78, 5) is 13.0. The highest BCUT2D eigenvalue weighted by Crippen LogP contribution is 2.44. The first-order chi connectivity index (χ1) is 17.1. The molecule has 194 valence electrons. The van der Waals surface area contributed by atoms with Crippen molar-refractivity contribution in [3.8, 4) is 45.8 Å². The molecule has 5 atom stereocenters. The van der Waals surface area contributed by atoms with Crippen molar-refractivity contribution >= 4 is 11.0 Å². The molecule has 1 aliphatic heterocycles. The summed E-state index contributed by atoms with van der Waals surface area (Å²) in [5.41, 5.74) is -0.787. The zero-order valence-electron chi connectivity index (χ0n) is 19.0. The number of rotatable bonds is 6. The van der Waals surface area contributed by atoms with Gasteiger partial charge in [0.2, 0.25) is 23.2 Å². The maximum absolute atomic E-state index is 13.0. The predicted octanol–water partition coefficient (Wildman–Crippen LogP) is -0.227. The van der Waals surface area contributed by atoms with E-state index in [9.17, 15) is 40.5 Å². The molecular formula is C23H24O13. The number of aromatic hydroxyl groups is 3. The third-order valence-electron chi connectivity index (χ3n) is 5.79. The van der Waals surface area contributed by atoms with Crippen LogP contribution < -0.4 is 19.6 Å². The summed E-state index contributed by atoms with van der Waals surface area (Å²) in [6.45, 7) is -0.658. The van der Waals surface area contributed by atoms with Crippen molar-refractivity contribution in [1.82, 2.24) is 0 Å². The first-order valence-corrected chi connectivity index (χ1v) is 10.6. The Balaban J connectivity index is 1.74. The molecule has 0 bridgehead atoms. The standard InChI is InChI=1S/C23H24O13/c1-32-12-6-11-14(17(28)15(12)26)18(29)22(33-2)21(34-11)8-3-4-10(9(25)5-8)35-23-20(31)19(30)16(27)13(7-24)36-23/h3-6,13,16,19-20,23-28,30-31H,7H2,1-2H3/t13-,16-,19+,20-,23-/m1/s1. The van der Waals surface area contributed by atoms with Crippen LogP contribution in [0.1, 0.15) is 0 Å². The van der Waals surface area contributed by atoms with E-state index in [0.717, 1.165) is 6.07 Å². The van der Waals surface area contributed by atoms with E-state index in [0.29, 0.717) is 0 Å². The van der Waals surface area contributed by atoms with Gasteiger partial charge in [-0.2, -0.15) is 0 Å². The second-order valence-corrected chi connectivity index (χ2v) is 7.94. The first kappa shape index (κ1) is 25.3. The summed E-state index contributed by atoms with van der Waals surface area (Å²) in [5.74, 6) is -2.70. The van der Waals surface area contributed by atoms with E-state index in [-0.39, 0.29) is 39.5 Å². The third-order valence-corrected chi connectivity index (χ3v) is 5.79. The Kier molecular flexibility index (Phi) is 6.84. The predicted molar refractivity (Wildman–Crippen MR) is 120 cm³/mol. The SMILES string of the molecule is COc1cc2oc(-c3ccc(O[C@@H]4O[C@H](CO)[C@@H](O)[C@H](O)[C@H]4O)c(O)c3)c(OC)c(=O)c2c(O)c1O. The molecule has 7 N–H and O–H groups in total. The molecule has 1 aliphatic rings. The number of aliphatic hydroxyl groups is 4. The number of benzene rings is 2. The fourth-order valence-electron chi connectivity index (χ4n) is 3.86. The van der Waals surface area contributed by atoms with Gasteiger partial charge in [-0.15, -0.1) is 0 Å². The van der Waals surface area contributed by atoms with Crippen molar-refractivity contribution in [2.24, 2.45) is 0 Å². The topological polar surface area (TPSA) is 209 Å². The summed E-state index contributed by atoms with van der Waals surface area (Å²) in [6, 6.07) is 4.99. The zero-order chi connectivity index (χ0) is 26.3. The fraction of sp³-hybridized carbons (Fsp3) is 0.348. The molecule has 1 fully saturated rings. The van der Waals surface area contributed by atoms with Gasteiger partial charge in [-0.3, -0.25) is 4.79 Å². The highest BCUT2D eigenvalue weighted by Gasteiger charge is 2.45. The van der Waals surface area contributed by atoms with Gasteiger partial charge in [0.15, 0.2) is 28.8 Å². The van der Waals surface area contributed by atoms with Crippen molar-refractivity contribution in [2.45, 2.75) is 30.7 Å². The van der Waals surface area contributed by atoms with Crippen LogP contribution in [0, 0.1) is 0 Å². The number of methoxy groups -OCH3 is 2. The summed E-state index contributed by atoms with van der Waals surface area (Å²) in [7, 11) is 2.44. The second kappa shape index (κ2) is 9.72. The molecule has 3 aromatic rings. The van der Waals surface area contributed by atoms with Crippen LogP contribution >= 0.6 is 0 Å². The largest absolute Gasteiger partial charge is 0.504 e. The minimum Gasteiger partial charge on any atom is -0.504 e. The Morgan fingerprint density at radius 2 is 1.64 bits per heavy atom. The van der Waals surface area contributed by atoms with Gasteiger partial charge in [0.1, 0.15) is 35.4 Å². The van der Waals surface area contributed by atoms with Crippen LogP contribution in [0.2, 0.25) is 0 Å². The fourth-order valence-corrected chi connectivity index (χ4v) is 3.86. The summed E-state index contributed by atoms with van der Waals surface area (Å²) < 4.78 is 26.6. The quantitative estimate of drug-likeness (QED) is 0.215. The van der Waals surface area contributed by atoms with Gasteiger partial charge < -0.3 is 59.1 Å². The van der Waals surface area contributed by atoms with Crippen molar-refractivity contribution in [2.75, 3.05) is 20.8 Å². The van der Waals surface area contributed by atoms with E-state index >= 15 is 0 Å². The lowest BCUT2D eigenvalue weighted by atomic mass is 9.99. The van der Waals surface area contributed by atoms with Crippen LogP contribution in [0.15, 0.2) is 33.5 Å². The van der Waals surface area contributed by atoms with Crippen LogP contribution in [-0.4, -0.2) is 87.3 Å². The van der Waals surface area contributed by atoms with Crippen molar-refractivity contribution in [1.29, 1.82) is 0 Å². The van der Waals surface area contributed by atoms with Gasteiger partial charge in [-0.05, 0) is 18.2 Å². The average molecular weight is 508 g/mol. The molecule has 0 spiro atoms. The summed E-state index contributed by atoms with van der Waals surface area (Å²) >= 11 is 0. The normalized spacial score (nSPS) is 24.0. The Morgan fingerprint density at radius 3 is 2.25 bits per heavy atom. The van der Waals surface area contributed by atoms with E-state index < -0.39 is 60.0 Å². The molecule has 36 heavy (non-hydrogen) atoms. The molecule has 13 nitrogen and oxygen atoms in total. The van der Waals surface area contributed by atoms with Crippen LogP contribution in [0.25, 0.3) is 22.3 Å². The number of hydrogen-bond acceptors (Lipinski definition) is 13. The van der Waals surface area contributed by atoms with Gasteiger partial charge in [-0.25, -0.2) is 0 Å². The zero-order valence-corrected chi connectivity index (χ0v) is 19.0. The van der Waals surface area contributed by atoms with Gasteiger partial charge in [-0.1, -0.05) is 0 Å². The Labute approximate surface area is 202 Å². The molecular weight excluding hydrogens is 484 g/mol. The van der Waals surface area contributed by atoms with Gasteiger partial charge >= 0.3 is 0 Å². The van der Waals surface area contributed by atoms with E-state index in [1.54, 1.807) is 0 Å². The average Bonchev–Trinajstić information content (AvgIpc) is 2.87. The third kappa shape index (κ3) is 4.12. The molecule has 0 amide bonds. The molecule has 0 saturated carbocycles. The number of aliphatic hydroxyl groups excluding tert-OH is 4. The molecule has 2 heterocycles. The molecule has 13 heteroatoms. The Bertz CT molecular complexity index is 1330. The van der Waals surface area contributed by atoms with Crippen LogP contribution in [0.3, 0.4) is 0 Å². The Hall–Kier alpha value is -3.75. The smallest absolute Gasteiger partial charge is 0.239 e. The van der Waals surface area contributed by atoms with Crippen LogP contribution in [0.4, 0.5) is 0 Å². The lowest BCUT2D eigenvalue weighted by molar-refractivity contribution is -0.277. The highest BCUT2D eigenvalue weighted by atomic mass is 16.7. The molecule has 0 unspecified atom stereocenters. The number of fused-ring (bicyclic) bond motifs is 1. The molecule has 1 aromatic heterocycles. The lowest BCUT2D eigenvalue weighted by Crippen LogP contribution is -2.60. The highest BCUT2D eigenvalue weighted by molar-refractivity contribution is 5.91. The maximum Gasteiger partial charge on any atom is 0.239 e. The summed E-state index contributed by atoms with van der Waals surface area (Å²) in [6.07, 6.45) is -7.69. The number of phenolic OH excluding ortho intramolecular Hbond substituents is 3. The molecule has 2 aromatic carbocycles. The molecule has 4 rings (SSSR count). The maximum atomic E-state index is 13.0. The minimum absolute atomic E-state index is 0.128. The monoisotopic (exact) mass is 508 g/mol. The van der Waals surface area contributed by atoms with Gasteiger partial charge in [0.25, 0.3) is 0 Å². The Morgan fingerprint density at radius 1 is 0.917 bits per heavy atom. The van der Waals surface area contributed by atoms with Gasteiger partial charge in [0, 0.05) is 11.6 Å². The van der Waals surface area contributed by atoms with Crippen molar-refractivity contribution in [3.05, 3.63) is 34.5 Å². The molecule has 1 saturated heterocycles. The molecule has 0 aliphatic carbocycles. The van der Waals surface area contributed by atoms with E-state index in [1.165, 1.54) is 32.4 Å². The van der Waals surface area contributed by atoms with E-state index in [4.69, 9.17) is 23.4 Å². The second-order valence-electron chi connectivity index (χ2n) is 7.94. The first-order valence-electron chi connectivity index (χ1n) is 10.6. The van der Waals surface area contributed by atoms with Crippen LogP contribution in [0.5, 0.6) is 34.5 Å². The van der Waals surface area contributed by atoms with Crippen LogP contribution in [-0.2, 0) is 4.74 Å². The van der Waals surface area contributed by atoms with E-state index in [1.807, 2.05) is 0 Å². The minimum atomic E-state index is -1.69. The number of hydrogen-bond donors (Lipinski definition) is 7. The lowest BCUT2D eigenvalue weighted by Gasteiger charge is -2.39. The number of phenols is 3. The molecule has 0 radical (unpaired) electrons. The van der Waals surface area contributed by atoms with Gasteiger partial charge in [0.05, 0.1) is 20.8 Å².